The zero-order chi connectivity index (χ0) is 10.1. The van der Waals surface area contributed by atoms with E-state index in [9.17, 15) is 5.11 Å². The molecule has 0 spiro atoms. The van der Waals surface area contributed by atoms with Gasteiger partial charge in [0.2, 0.25) is 0 Å². The SMILES string of the molecule is CC(C)CC1(O)CCCCC1(C)C. The number of rotatable bonds is 2. The summed E-state index contributed by atoms with van der Waals surface area (Å²) in [6.07, 6.45) is 5.62. The van der Waals surface area contributed by atoms with E-state index in [0.29, 0.717) is 5.92 Å². The van der Waals surface area contributed by atoms with Crippen molar-refractivity contribution in [2.24, 2.45) is 11.3 Å². The molecule has 1 N–H and O–H groups in total. The molecule has 0 bridgehead atoms. The smallest absolute Gasteiger partial charge is 0.0700 e. The van der Waals surface area contributed by atoms with Crippen LogP contribution in [0.25, 0.3) is 0 Å². The first-order chi connectivity index (χ1) is 5.87. The molecule has 0 amide bonds. The third-order valence-electron chi connectivity index (χ3n) is 3.65. The number of hydrogen-bond donors (Lipinski definition) is 1. The molecule has 1 nitrogen and oxygen atoms in total. The van der Waals surface area contributed by atoms with Crippen molar-refractivity contribution in [2.75, 3.05) is 0 Å². The lowest BCUT2D eigenvalue weighted by atomic mass is 9.63. The van der Waals surface area contributed by atoms with Crippen molar-refractivity contribution < 1.29 is 5.11 Å². The van der Waals surface area contributed by atoms with Crippen LogP contribution < -0.4 is 0 Å². The Morgan fingerprint density at radius 1 is 1.15 bits per heavy atom. The average molecular weight is 184 g/mol. The van der Waals surface area contributed by atoms with Crippen molar-refractivity contribution in [1.29, 1.82) is 0 Å². The molecule has 0 aliphatic heterocycles. The largest absolute Gasteiger partial charge is 0.389 e. The monoisotopic (exact) mass is 184 g/mol. The van der Waals surface area contributed by atoms with Crippen molar-refractivity contribution in [3.8, 4) is 0 Å². The number of aliphatic hydroxyl groups is 1. The van der Waals surface area contributed by atoms with Gasteiger partial charge in [-0.1, -0.05) is 40.5 Å². The second kappa shape index (κ2) is 3.61. The van der Waals surface area contributed by atoms with Crippen molar-refractivity contribution in [3.05, 3.63) is 0 Å². The van der Waals surface area contributed by atoms with E-state index >= 15 is 0 Å². The Labute approximate surface area is 82.5 Å². The van der Waals surface area contributed by atoms with Crippen LogP contribution in [0.1, 0.15) is 59.8 Å². The third-order valence-corrected chi connectivity index (χ3v) is 3.65. The fraction of sp³-hybridized carbons (Fsp3) is 1.00. The minimum Gasteiger partial charge on any atom is -0.389 e. The lowest BCUT2D eigenvalue weighted by Crippen LogP contribution is -2.47. The van der Waals surface area contributed by atoms with Crippen molar-refractivity contribution >= 4 is 0 Å². The van der Waals surface area contributed by atoms with Crippen molar-refractivity contribution in [2.45, 2.75) is 65.4 Å². The summed E-state index contributed by atoms with van der Waals surface area (Å²) in [6, 6.07) is 0. The average Bonchev–Trinajstić information content (AvgIpc) is 1.94. The first-order valence-corrected chi connectivity index (χ1v) is 5.60. The highest BCUT2D eigenvalue weighted by atomic mass is 16.3. The van der Waals surface area contributed by atoms with E-state index in [1.165, 1.54) is 19.3 Å². The first-order valence-electron chi connectivity index (χ1n) is 5.60. The van der Waals surface area contributed by atoms with Crippen molar-refractivity contribution in [1.82, 2.24) is 0 Å². The van der Waals surface area contributed by atoms with Gasteiger partial charge in [0.15, 0.2) is 0 Å². The molecular weight excluding hydrogens is 160 g/mol. The van der Waals surface area contributed by atoms with Crippen LogP contribution in [0.3, 0.4) is 0 Å². The van der Waals surface area contributed by atoms with E-state index in [4.69, 9.17) is 0 Å². The minimum absolute atomic E-state index is 0.121. The molecule has 0 radical (unpaired) electrons. The summed E-state index contributed by atoms with van der Waals surface area (Å²) >= 11 is 0. The van der Waals surface area contributed by atoms with Crippen LogP contribution in [0.2, 0.25) is 0 Å². The van der Waals surface area contributed by atoms with Crippen molar-refractivity contribution in [3.63, 3.8) is 0 Å². The zero-order valence-corrected chi connectivity index (χ0v) is 9.56. The highest BCUT2D eigenvalue weighted by Gasteiger charge is 2.44. The fourth-order valence-corrected chi connectivity index (χ4v) is 2.61. The van der Waals surface area contributed by atoms with Gasteiger partial charge in [-0.25, -0.2) is 0 Å². The summed E-state index contributed by atoms with van der Waals surface area (Å²) in [7, 11) is 0. The first kappa shape index (κ1) is 11.0. The predicted octanol–water partition coefficient (Wildman–Crippen LogP) is 3.36. The maximum Gasteiger partial charge on any atom is 0.0700 e. The van der Waals surface area contributed by atoms with E-state index in [1.807, 2.05) is 0 Å². The maximum atomic E-state index is 10.6. The van der Waals surface area contributed by atoms with Gasteiger partial charge in [-0.05, 0) is 30.6 Å². The summed E-state index contributed by atoms with van der Waals surface area (Å²) in [5.41, 5.74) is -0.283. The molecule has 1 heteroatoms. The van der Waals surface area contributed by atoms with Crippen LogP contribution >= 0.6 is 0 Å². The highest BCUT2D eigenvalue weighted by molar-refractivity contribution is 4.96. The molecule has 13 heavy (non-hydrogen) atoms. The van der Waals surface area contributed by atoms with Gasteiger partial charge in [-0.3, -0.25) is 0 Å². The molecule has 0 heterocycles. The Kier molecular flexibility index (Phi) is 3.06. The van der Waals surface area contributed by atoms with Gasteiger partial charge < -0.3 is 5.11 Å². The molecule has 1 unspecified atom stereocenters. The lowest BCUT2D eigenvalue weighted by Gasteiger charge is -2.47. The maximum absolute atomic E-state index is 10.6. The summed E-state index contributed by atoms with van der Waals surface area (Å²) in [5, 5.41) is 10.6. The summed E-state index contributed by atoms with van der Waals surface area (Å²) < 4.78 is 0. The molecule has 0 aromatic heterocycles. The zero-order valence-electron chi connectivity index (χ0n) is 9.56. The molecule has 0 aromatic rings. The van der Waals surface area contributed by atoms with Crippen LogP contribution in [0.15, 0.2) is 0 Å². The van der Waals surface area contributed by atoms with Gasteiger partial charge in [-0.2, -0.15) is 0 Å². The summed E-state index contributed by atoms with van der Waals surface area (Å²) in [5.74, 6) is 0.599. The van der Waals surface area contributed by atoms with Crippen LogP contribution in [0.4, 0.5) is 0 Å². The van der Waals surface area contributed by atoms with Gasteiger partial charge in [0.1, 0.15) is 0 Å². The Bertz CT molecular complexity index is 172. The third kappa shape index (κ3) is 2.25. The molecule has 1 aliphatic rings. The van der Waals surface area contributed by atoms with E-state index in [1.54, 1.807) is 0 Å². The van der Waals surface area contributed by atoms with E-state index in [2.05, 4.69) is 27.7 Å². The van der Waals surface area contributed by atoms with E-state index in [-0.39, 0.29) is 5.41 Å². The molecule has 1 atom stereocenters. The van der Waals surface area contributed by atoms with Gasteiger partial charge in [0.05, 0.1) is 5.60 Å². The Hall–Kier alpha value is -0.0400. The van der Waals surface area contributed by atoms with Gasteiger partial charge in [0, 0.05) is 0 Å². The normalized spacial score (nSPS) is 33.7. The second-order valence-corrected chi connectivity index (χ2v) is 5.72. The van der Waals surface area contributed by atoms with Crippen LogP contribution in [0.5, 0.6) is 0 Å². The molecule has 1 saturated carbocycles. The van der Waals surface area contributed by atoms with E-state index < -0.39 is 5.60 Å². The van der Waals surface area contributed by atoms with Gasteiger partial charge in [-0.15, -0.1) is 0 Å². The highest BCUT2D eigenvalue weighted by Crippen LogP contribution is 2.46. The Balaban J connectivity index is 2.72. The molecule has 0 saturated heterocycles. The second-order valence-electron chi connectivity index (χ2n) is 5.72. The lowest BCUT2D eigenvalue weighted by molar-refractivity contribution is -0.109. The Morgan fingerprint density at radius 3 is 2.15 bits per heavy atom. The quantitative estimate of drug-likeness (QED) is 0.697. The molecular formula is C12H24O. The molecule has 0 aromatic carbocycles. The minimum atomic E-state index is -0.403. The van der Waals surface area contributed by atoms with Gasteiger partial charge >= 0.3 is 0 Å². The molecule has 1 rings (SSSR count). The van der Waals surface area contributed by atoms with Crippen LogP contribution in [0, 0.1) is 11.3 Å². The molecule has 1 fully saturated rings. The van der Waals surface area contributed by atoms with E-state index in [0.717, 1.165) is 12.8 Å². The number of hydrogen-bond acceptors (Lipinski definition) is 1. The fourth-order valence-electron chi connectivity index (χ4n) is 2.61. The predicted molar refractivity (Wildman–Crippen MR) is 56.7 cm³/mol. The van der Waals surface area contributed by atoms with Crippen LogP contribution in [-0.4, -0.2) is 10.7 Å². The standard InChI is InChI=1S/C12H24O/c1-10(2)9-12(13)8-6-5-7-11(12,3)4/h10,13H,5-9H2,1-4H3. The summed E-state index contributed by atoms with van der Waals surface area (Å²) in [6.45, 7) is 8.83. The molecule has 1 aliphatic carbocycles. The summed E-state index contributed by atoms with van der Waals surface area (Å²) in [4.78, 5) is 0. The Morgan fingerprint density at radius 2 is 1.69 bits per heavy atom. The molecule has 78 valence electrons. The van der Waals surface area contributed by atoms with Crippen LogP contribution in [-0.2, 0) is 0 Å². The topological polar surface area (TPSA) is 20.2 Å². The van der Waals surface area contributed by atoms with Gasteiger partial charge in [0.25, 0.3) is 0 Å².